The van der Waals surface area contributed by atoms with Crippen LogP contribution in [-0.4, -0.2) is 43.3 Å². The van der Waals surface area contributed by atoms with Gasteiger partial charge < -0.3 is 13.9 Å². The molecule has 0 unspecified atom stereocenters. The molecule has 0 radical (unpaired) electrons. The number of hydrogen-bond acceptors (Lipinski definition) is 5. The van der Waals surface area contributed by atoms with Gasteiger partial charge in [0.05, 0.1) is 26.1 Å². The minimum atomic E-state index is -0.404. The van der Waals surface area contributed by atoms with Crippen LogP contribution in [0.4, 0.5) is 0 Å². The third kappa shape index (κ3) is 2.60. The largest absolute Gasteiger partial charge is 0.463 e. The predicted molar refractivity (Wildman–Crippen MR) is 72.5 cm³/mol. The van der Waals surface area contributed by atoms with Crippen molar-refractivity contribution >= 4 is 5.97 Å². The van der Waals surface area contributed by atoms with E-state index in [-0.39, 0.29) is 0 Å². The van der Waals surface area contributed by atoms with Gasteiger partial charge in [0.1, 0.15) is 0 Å². The summed E-state index contributed by atoms with van der Waals surface area (Å²) in [5.74, 6) is -0.0789. The van der Waals surface area contributed by atoms with Crippen molar-refractivity contribution in [2.45, 2.75) is 44.4 Å². The Labute approximate surface area is 118 Å². The van der Waals surface area contributed by atoms with Crippen LogP contribution in [0.25, 0.3) is 0 Å². The summed E-state index contributed by atoms with van der Waals surface area (Å²) >= 11 is 0. The second-order valence-electron chi connectivity index (χ2n) is 5.50. The van der Waals surface area contributed by atoms with Crippen LogP contribution in [0.15, 0.2) is 16.7 Å². The van der Waals surface area contributed by atoms with E-state index in [1.54, 1.807) is 6.26 Å². The van der Waals surface area contributed by atoms with Crippen molar-refractivity contribution in [3.63, 3.8) is 0 Å². The maximum absolute atomic E-state index is 11.7. The van der Waals surface area contributed by atoms with E-state index in [2.05, 4.69) is 4.90 Å². The van der Waals surface area contributed by atoms with E-state index >= 15 is 0 Å². The summed E-state index contributed by atoms with van der Waals surface area (Å²) in [4.78, 5) is 14.1. The van der Waals surface area contributed by atoms with Gasteiger partial charge in [0.15, 0.2) is 0 Å². The van der Waals surface area contributed by atoms with Crippen LogP contribution >= 0.6 is 0 Å². The van der Waals surface area contributed by atoms with Gasteiger partial charge in [0.25, 0.3) is 0 Å². The molecule has 110 valence electrons. The lowest BCUT2D eigenvalue weighted by Crippen LogP contribution is -2.52. The third-order valence-corrected chi connectivity index (χ3v) is 4.34. The number of carbonyl (C=O) groups is 1. The Morgan fingerprint density at radius 3 is 3.15 bits per heavy atom. The van der Waals surface area contributed by atoms with E-state index in [4.69, 9.17) is 13.9 Å². The summed E-state index contributed by atoms with van der Waals surface area (Å²) in [7, 11) is 1.38. The lowest BCUT2D eigenvalue weighted by molar-refractivity contribution is -0.0912. The Morgan fingerprint density at radius 2 is 2.30 bits per heavy atom. The number of carbonyl (C=O) groups excluding carboxylic acids is 1. The van der Waals surface area contributed by atoms with Crippen molar-refractivity contribution in [2.75, 3.05) is 20.3 Å². The zero-order chi connectivity index (χ0) is 13.9. The molecule has 0 aromatic carbocycles. The molecule has 0 N–H and O–H groups in total. The summed E-state index contributed by atoms with van der Waals surface area (Å²) in [6.45, 7) is 2.41. The fourth-order valence-electron chi connectivity index (χ4n) is 3.32. The first-order chi connectivity index (χ1) is 9.79. The van der Waals surface area contributed by atoms with Crippen molar-refractivity contribution < 1.29 is 18.7 Å². The summed E-state index contributed by atoms with van der Waals surface area (Å²) < 4.78 is 15.9. The van der Waals surface area contributed by atoms with Crippen LogP contribution in [0.2, 0.25) is 0 Å². The number of fused-ring (bicyclic) bond motifs is 1. The maximum Gasteiger partial charge on any atom is 0.374 e. The number of furan rings is 1. The maximum atomic E-state index is 11.7. The highest BCUT2D eigenvalue weighted by molar-refractivity contribution is 5.87. The Morgan fingerprint density at radius 1 is 1.45 bits per heavy atom. The molecular weight excluding hydrogens is 258 g/mol. The molecule has 1 aliphatic carbocycles. The smallest absolute Gasteiger partial charge is 0.374 e. The molecule has 2 aliphatic rings. The number of esters is 1. The monoisotopic (exact) mass is 279 g/mol. The lowest BCUT2D eigenvalue weighted by atomic mass is 9.90. The van der Waals surface area contributed by atoms with Gasteiger partial charge in [-0.1, -0.05) is 12.8 Å². The molecule has 3 rings (SSSR count). The highest BCUT2D eigenvalue weighted by Gasteiger charge is 2.34. The molecule has 0 amide bonds. The van der Waals surface area contributed by atoms with Gasteiger partial charge in [-0.15, -0.1) is 0 Å². The first-order valence-electron chi connectivity index (χ1n) is 7.30. The summed E-state index contributed by atoms with van der Waals surface area (Å²) in [5.41, 5.74) is 0.906. The van der Waals surface area contributed by atoms with E-state index in [0.29, 0.717) is 17.9 Å². The van der Waals surface area contributed by atoms with Gasteiger partial charge in [-0.05, 0) is 18.9 Å². The number of rotatable bonds is 3. The molecule has 2 fully saturated rings. The van der Waals surface area contributed by atoms with Crippen LogP contribution in [0.3, 0.4) is 0 Å². The fourth-order valence-corrected chi connectivity index (χ4v) is 3.32. The molecule has 1 saturated heterocycles. The van der Waals surface area contributed by atoms with Gasteiger partial charge in [-0.3, -0.25) is 4.90 Å². The SMILES string of the molecule is COC(=O)c1occc1CN1CCO[C@@H]2CCCC[C@@H]21. The van der Waals surface area contributed by atoms with Gasteiger partial charge in [-0.25, -0.2) is 4.79 Å². The first-order valence-corrected chi connectivity index (χ1v) is 7.30. The van der Waals surface area contributed by atoms with E-state index in [0.717, 1.165) is 31.7 Å². The molecule has 2 heterocycles. The standard InChI is InChI=1S/C15H21NO4/c1-18-15(17)14-11(6-8-20-14)10-16-7-9-19-13-5-3-2-4-12(13)16/h6,8,12-13H,2-5,7,9-10H2,1H3/t12-,13+/m0/s1. The number of ether oxygens (including phenoxy) is 2. The van der Waals surface area contributed by atoms with Gasteiger partial charge in [0, 0.05) is 24.7 Å². The minimum Gasteiger partial charge on any atom is -0.463 e. The third-order valence-electron chi connectivity index (χ3n) is 4.34. The predicted octanol–water partition coefficient (Wildman–Crippen LogP) is 2.21. The molecule has 0 bridgehead atoms. The fraction of sp³-hybridized carbons (Fsp3) is 0.667. The van der Waals surface area contributed by atoms with Gasteiger partial charge in [0.2, 0.25) is 5.76 Å². The Bertz CT molecular complexity index is 468. The minimum absolute atomic E-state index is 0.325. The molecule has 1 aliphatic heterocycles. The molecule has 20 heavy (non-hydrogen) atoms. The number of hydrogen-bond donors (Lipinski definition) is 0. The number of morpholine rings is 1. The van der Waals surface area contributed by atoms with Gasteiger partial charge >= 0.3 is 5.97 Å². The molecule has 5 heteroatoms. The zero-order valence-electron chi connectivity index (χ0n) is 11.8. The zero-order valence-corrected chi connectivity index (χ0v) is 11.8. The van der Waals surface area contributed by atoms with Crippen LogP contribution in [0.1, 0.15) is 41.8 Å². The topological polar surface area (TPSA) is 51.9 Å². The normalized spacial score (nSPS) is 27.1. The Kier molecular flexibility index (Phi) is 4.08. The van der Waals surface area contributed by atoms with E-state index in [1.807, 2.05) is 6.07 Å². The highest BCUT2D eigenvalue weighted by atomic mass is 16.5. The van der Waals surface area contributed by atoms with Crippen LogP contribution < -0.4 is 0 Å². The van der Waals surface area contributed by atoms with Gasteiger partial charge in [-0.2, -0.15) is 0 Å². The molecule has 0 spiro atoms. The quantitative estimate of drug-likeness (QED) is 0.794. The van der Waals surface area contributed by atoms with Crippen molar-refractivity contribution in [1.29, 1.82) is 0 Å². The Hall–Kier alpha value is -1.33. The highest BCUT2D eigenvalue weighted by Crippen LogP contribution is 2.30. The van der Waals surface area contributed by atoms with Crippen molar-refractivity contribution in [1.82, 2.24) is 4.90 Å². The molecule has 2 atom stereocenters. The summed E-state index contributed by atoms with van der Waals surface area (Å²) in [6.07, 6.45) is 6.75. The van der Waals surface area contributed by atoms with Crippen molar-refractivity contribution in [2.24, 2.45) is 0 Å². The molecule has 1 aromatic rings. The lowest BCUT2D eigenvalue weighted by Gasteiger charge is -2.43. The average Bonchev–Trinajstić information content (AvgIpc) is 2.95. The second-order valence-corrected chi connectivity index (χ2v) is 5.50. The molecule has 1 saturated carbocycles. The summed E-state index contributed by atoms with van der Waals surface area (Å²) in [5, 5.41) is 0. The molecule has 1 aromatic heterocycles. The van der Waals surface area contributed by atoms with Crippen LogP contribution in [0.5, 0.6) is 0 Å². The van der Waals surface area contributed by atoms with E-state index in [9.17, 15) is 4.79 Å². The Balaban J connectivity index is 1.73. The van der Waals surface area contributed by atoms with Crippen molar-refractivity contribution in [3.8, 4) is 0 Å². The first kappa shape index (κ1) is 13.6. The molecule has 5 nitrogen and oxygen atoms in total. The second kappa shape index (κ2) is 5.97. The van der Waals surface area contributed by atoms with Crippen LogP contribution in [0, 0.1) is 0 Å². The average molecular weight is 279 g/mol. The number of nitrogens with zero attached hydrogens (tertiary/aromatic N) is 1. The van der Waals surface area contributed by atoms with E-state index in [1.165, 1.54) is 26.4 Å². The molecular formula is C15H21NO4. The summed E-state index contributed by atoms with van der Waals surface area (Å²) in [6, 6.07) is 2.33. The number of methoxy groups -OCH3 is 1. The van der Waals surface area contributed by atoms with Crippen LogP contribution in [-0.2, 0) is 16.0 Å². The van der Waals surface area contributed by atoms with Crippen molar-refractivity contribution in [3.05, 3.63) is 23.7 Å². The van der Waals surface area contributed by atoms with E-state index < -0.39 is 5.97 Å².